The summed E-state index contributed by atoms with van der Waals surface area (Å²) in [4.78, 5) is 0. The SMILES string of the molecule is N=C(N)c1c(Cl)cccc1OCCCC(F)(F)F. The molecule has 0 saturated carbocycles. The maximum absolute atomic E-state index is 11.9. The van der Waals surface area contributed by atoms with Gasteiger partial charge in [-0.3, -0.25) is 5.41 Å². The van der Waals surface area contributed by atoms with E-state index in [1.807, 2.05) is 0 Å². The third-order valence-electron chi connectivity index (χ3n) is 2.11. The molecule has 0 radical (unpaired) electrons. The van der Waals surface area contributed by atoms with Crippen LogP contribution in [0.1, 0.15) is 18.4 Å². The van der Waals surface area contributed by atoms with Gasteiger partial charge in [-0.15, -0.1) is 0 Å². The summed E-state index contributed by atoms with van der Waals surface area (Å²) in [7, 11) is 0. The van der Waals surface area contributed by atoms with Crippen molar-refractivity contribution < 1.29 is 17.9 Å². The van der Waals surface area contributed by atoms with Crippen LogP contribution in [0.4, 0.5) is 13.2 Å². The fourth-order valence-electron chi connectivity index (χ4n) is 1.34. The summed E-state index contributed by atoms with van der Waals surface area (Å²) >= 11 is 5.83. The Morgan fingerprint density at radius 3 is 2.61 bits per heavy atom. The van der Waals surface area contributed by atoms with E-state index in [1.54, 1.807) is 6.07 Å². The Labute approximate surface area is 107 Å². The Kier molecular flexibility index (Phi) is 4.84. The number of nitrogens with two attached hydrogens (primary N) is 1. The fourth-order valence-corrected chi connectivity index (χ4v) is 1.61. The minimum atomic E-state index is -4.19. The van der Waals surface area contributed by atoms with E-state index in [0.717, 1.165) is 0 Å². The lowest BCUT2D eigenvalue weighted by Gasteiger charge is -2.12. The van der Waals surface area contributed by atoms with Crippen LogP contribution in [0.15, 0.2) is 18.2 Å². The molecule has 0 unspecified atom stereocenters. The van der Waals surface area contributed by atoms with Crippen LogP contribution in [0.5, 0.6) is 5.75 Å². The number of amidine groups is 1. The predicted octanol–water partition coefficient (Wildman–Crippen LogP) is 3.35. The average Bonchev–Trinajstić information content (AvgIpc) is 2.22. The van der Waals surface area contributed by atoms with Crippen molar-refractivity contribution in [3.63, 3.8) is 0 Å². The molecule has 0 saturated heterocycles. The molecule has 0 aromatic heterocycles. The molecular formula is C11H12ClF3N2O. The molecule has 0 aliphatic rings. The van der Waals surface area contributed by atoms with Gasteiger partial charge in [-0.05, 0) is 18.6 Å². The molecule has 0 atom stereocenters. The van der Waals surface area contributed by atoms with Crippen LogP contribution >= 0.6 is 11.6 Å². The van der Waals surface area contributed by atoms with Crippen LogP contribution in [0.2, 0.25) is 5.02 Å². The molecule has 1 aromatic rings. The smallest absolute Gasteiger partial charge is 0.389 e. The van der Waals surface area contributed by atoms with Crippen LogP contribution in [-0.2, 0) is 0 Å². The van der Waals surface area contributed by atoms with Gasteiger partial charge in [0.25, 0.3) is 0 Å². The van der Waals surface area contributed by atoms with Gasteiger partial charge in [-0.25, -0.2) is 0 Å². The minimum absolute atomic E-state index is 0.111. The zero-order valence-corrected chi connectivity index (χ0v) is 10.1. The predicted molar refractivity (Wildman–Crippen MR) is 63.3 cm³/mol. The molecule has 3 nitrogen and oxygen atoms in total. The maximum Gasteiger partial charge on any atom is 0.389 e. The highest BCUT2D eigenvalue weighted by molar-refractivity contribution is 6.34. The highest BCUT2D eigenvalue weighted by Crippen LogP contribution is 2.27. The Morgan fingerprint density at radius 1 is 1.39 bits per heavy atom. The van der Waals surface area contributed by atoms with Gasteiger partial charge in [0.05, 0.1) is 17.2 Å². The van der Waals surface area contributed by atoms with Gasteiger partial charge in [0.2, 0.25) is 0 Å². The number of hydrogen-bond acceptors (Lipinski definition) is 2. The van der Waals surface area contributed by atoms with E-state index in [-0.39, 0.29) is 35.2 Å². The molecular weight excluding hydrogens is 269 g/mol. The monoisotopic (exact) mass is 280 g/mol. The van der Waals surface area contributed by atoms with E-state index >= 15 is 0 Å². The minimum Gasteiger partial charge on any atom is -0.493 e. The van der Waals surface area contributed by atoms with Crippen LogP contribution in [0.25, 0.3) is 0 Å². The molecule has 1 rings (SSSR count). The van der Waals surface area contributed by atoms with Crippen LogP contribution in [0.3, 0.4) is 0 Å². The van der Waals surface area contributed by atoms with Crippen molar-refractivity contribution >= 4 is 17.4 Å². The van der Waals surface area contributed by atoms with E-state index in [4.69, 9.17) is 27.5 Å². The Hall–Kier alpha value is -1.43. The second-order valence-electron chi connectivity index (χ2n) is 3.59. The van der Waals surface area contributed by atoms with Gasteiger partial charge < -0.3 is 10.5 Å². The van der Waals surface area contributed by atoms with Crippen molar-refractivity contribution in [3.8, 4) is 5.75 Å². The van der Waals surface area contributed by atoms with Crippen molar-refractivity contribution in [3.05, 3.63) is 28.8 Å². The van der Waals surface area contributed by atoms with Gasteiger partial charge in [0.15, 0.2) is 0 Å². The Bertz CT molecular complexity index is 435. The molecule has 0 spiro atoms. The molecule has 7 heteroatoms. The van der Waals surface area contributed by atoms with E-state index in [9.17, 15) is 13.2 Å². The van der Waals surface area contributed by atoms with Crippen LogP contribution in [-0.4, -0.2) is 18.6 Å². The summed E-state index contributed by atoms with van der Waals surface area (Å²) in [6.07, 6.45) is -5.27. The van der Waals surface area contributed by atoms with Crippen molar-refractivity contribution in [1.82, 2.24) is 0 Å². The van der Waals surface area contributed by atoms with E-state index in [0.29, 0.717) is 0 Å². The zero-order chi connectivity index (χ0) is 13.8. The second-order valence-corrected chi connectivity index (χ2v) is 4.00. The van der Waals surface area contributed by atoms with Crippen LogP contribution in [0, 0.1) is 5.41 Å². The van der Waals surface area contributed by atoms with Crippen molar-refractivity contribution in [2.45, 2.75) is 19.0 Å². The lowest BCUT2D eigenvalue weighted by molar-refractivity contribution is -0.136. The topological polar surface area (TPSA) is 59.1 Å². The molecule has 3 N–H and O–H groups in total. The van der Waals surface area contributed by atoms with Crippen molar-refractivity contribution in [2.24, 2.45) is 5.73 Å². The highest BCUT2D eigenvalue weighted by atomic mass is 35.5. The first kappa shape index (κ1) is 14.6. The highest BCUT2D eigenvalue weighted by Gasteiger charge is 2.26. The number of nitrogens with one attached hydrogen (secondary N) is 1. The van der Waals surface area contributed by atoms with E-state index in [2.05, 4.69) is 0 Å². The molecule has 0 amide bonds. The number of rotatable bonds is 5. The Morgan fingerprint density at radius 2 is 2.06 bits per heavy atom. The largest absolute Gasteiger partial charge is 0.493 e. The average molecular weight is 281 g/mol. The third kappa shape index (κ3) is 4.44. The third-order valence-corrected chi connectivity index (χ3v) is 2.42. The zero-order valence-electron chi connectivity index (χ0n) is 9.35. The molecule has 0 aliphatic carbocycles. The Balaban J connectivity index is 2.63. The first-order valence-corrected chi connectivity index (χ1v) is 5.51. The molecule has 0 fully saturated rings. The quantitative estimate of drug-likeness (QED) is 0.494. The number of halogens is 4. The number of nitrogen functional groups attached to an aromatic ring is 1. The lowest BCUT2D eigenvalue weighted by atomic mass is 10.2. The molecule has 0 aliphatic heterocycles. The van der Waals surface area contributed by atoms with Gasteiger partial charge in [0.1, 0.15) is 11.6 Å². The molecule has 0 heterocycles. The van der Waals surface area contributed by atoms with Crippen molar-refractivity contribution in [1.29, 1.82) is 5.41 Å². The van der Waals surface area contributed by atoms with Gasteiger partial charge in [-0.1, -0.05) is 17.7 Å². The molecule has 100 valence electrons. The summed E-state index contributed by atoms with van der Waals surface area (Å²) in [6.45, 7) is -0.111. The second kappa shape index (κ2) is 5.95. The van der Waals surface area contributed by atoms with E-state index < -0.39 is 12.6 Å². The lowest BCUT2D eigenvalue weighted by Crippen LogP contribution is -2.15. The summed E-state index contributed by atoms with van der Waals surface area (Å²) in [6, 6.07) is 4.62. The van der Waals surface area contributed by atoms with Gasteiger partial charge in [-0.2, -0.15) is 13.2 Å². The molecule has 1 aromatic carbocycles. The van der Waals surface area contributed by atoms with Gasteiger partial charge in [0, 0.05) is 6.42 Å². The summed E-state index contributed by atoms with van der Waals surface area (Å²) in [5.74, 6) is -0.0661. The summed E-state index contributed by atoms with van der Waals surface area (Å²) < 4.78 is 40.9. The first-order chi connectivity index (χ1) is 8.31. The number of benzene rings is 1. The number of alkyl halides is 3. The summed E-state index contributed by atoms with van der Waals surface area (Å²) in [5.41, 5.74) is 5.53. The number of hydrogen-bond donors (Lipinski definition) is 2. The van der Waals surface area contributed by atoms with Crippen LogP contribution < -0.4 is 10.5 Å². The van der Waals surface area contributed by atoms with E-state index in [1.165, 1.54) is 12.1 Å². The first-order valence-electron chi connectivity index (χ1n) is 5.13. The summed E-state index contributed by atoms with van der Waals surface area (Å²) in [5, 5.41) is 7.56. The number of ether oxygens (including phenoxy) is 1. The molecule has 18 heavy (non-hydrogen) atoms. The molecule has 0 bridgehead atoms. The normalized spacial score (nSPS) is 11.3. The standard InChI is InChI=1S/C11H12ClF3N2O/c12-7-3-1-4-8(9(7)10(16)17)18-6-2-5-11(13,14)15/h1,3-4H,2,5-6H2,(H3,16,17). The maximum atomic E-state index is 11.9. The van der Waals surface area contributed by atoms with Crippen molar-refractivity contribution in [2.75, 3.05) is 6.61 Å². The van der Waals surface area contributed by atoms with Gasteiger partial charge >= 0.3 is 6.18 Å². The fraction of sp³-hybridized carbons (Fsp3) is 0.364.